The molecule has 2 heterocycles. The molecule has 0 radical (unpaired) electrons. The predicted molar refractivity (Wildman–Crippen MR) is 163 cm³/mol. The Labute approximate surface area is 256 Å². The summed E-state index contributed by atoms with van der Waals surface area (Å²) in [5, 5.41) is 0.176. The van der Waals surface area contributed by atoms with Crippen LogP contribution in [-0.2, 0) is 20.2 Å². The molecule has 0 aromatic heterocycles. The SMILES string of the molecule is COc1ccc(S(=O)(=O)N2C(=O)C(CCCN3CCN(C)CC3)(c3ccccc3F)c3cc(Cl)c(OC)cc32)c(OC)c1. The molecular weight excluding hydrogens is 597 g/mol. The molecule has 43 heavy (non-hydrogen) atoms. The zero-order chi connectivity index (χ0) is 30.9. The van der Waals surface area contributed by atoms with Gasteiger partial charge in [0.15, 0.2) is 0 Å². The molecule has 0 bridgehead atoms. The van der Waals surface area contributed by atoms with Gasteiger partial charge in [-0.2, -0.15) is 0 Å². The molecule has 0 N–H and O–H groups in total. The maximum absolute atomic E-state index is 15.7. The molecule has 3 aromatic rings. The lowest BCUT2D eigenvalue weighted by atomic mass is 9.72. The summed E-state index contributed by atoms with van der Waals surface area (Å²) in [6.07, 6.45) is 0.660. The van der Waals surface area contributed by atoms with E-state index < -0.39 is 27.2 Å². The highest BCUT2D eigenvalue weighted by Crippen LogP contribution is 2.54. The first kappa shape index (κ1) is 31.1. The second-order valence-electron chi connectivity index (χ2n) is 10.7. The van der Waals surface area contributed by atoms with Crippen LogP contribution in [-0.4, -0.2) is 85.2 Å². The van der Waals surface area contributed by atoms with Crippen molar-refractivity contribution in [2.24, 2.45) is 0 Å². The van der Waals surface area contributed by atoms with Gasteiger partial charge >= 0.3 is 0 Å². The molecule has 2 aliphatic heterocycles. The van der Waals surface area contributed by atoms with Gasteiger partial charge in [-0.25, -0.2) is 17.1 Å². The summed E-state index contributed by atoms with van der Waals surface area (Å²) in [4.78, 5) is 19.1. The third-order valence-electron chi connectivity index (χ3n) is 8.34. The Morgan fingerprint density at radius 1 is 0.907 bits per heavy atom. The van der Waals surface area contributed by atoms with Crippen LogP contribution in [0.4, 0.5) is 10.1 Å². The van der Waals surface area contributed by atoms with Crippen molar-refractivity contribution in [2.45, 2.75) is 23.2 Å². The maximum atomic E-state index is 15.7. The molecule has 1 fully saturated rings. The van der Waals surface area contributed by atoms with Crippen LogP contribution < -0.4 is 18.5 Å². The Bertz CT molecular complexity index is 1630. The lowest BCUT2D eigenvalue weighted by Crippen LogP contribution is -2.46. The first-order chi connectivity index (χ1) is 20.6. The van der Waals surface area contributed by atoms with E-state index >= 15 is 4.39 Å². The van der Waals surface area contributed by atoms with E-state index in [0.29, 0.717) is 24.3 Å². The van der Waals surface area contributed by atoms with Gasteiger partial charge < -0.3 is 24.0 Å². The fourth-order valence-corrected chi connectivity index (χ4v) is 7.87. The Hall–Kier alpha value is -3.38. The van der Waals surface area contributed by atoms with E-state index in [-0.39, 0.29) is 39.1 Å². The van der Waals surface area contributed by atoms with Crippen molar-refractivity contribution >= 4 is 33.2 Å². The van der Waals surface area contributed by atoms with Crippen LogP contribution in [0.2, 0.25) is 5.02 Å². The van der Waals surface area contributed by atoms with E-state index in [2.05, 4.69) is 16.8 Å². The second-order valence-corrected chi connectivity index (χ2v) is 12.9. The highest BCUT2D eigenvalue weighted by molar-refractivity contribution is 7.93. The molecule has 1 amide bonds. The second kappa shape index (κ2) is 12.3. The van der Waals surface area contributed by atoms with E-state index in [1.165, 1.54) is 69.9 Å². The van der Waals surface area contributed by atoms with Gasteiger partial charge in [0.1, 0.15) is 33.4 Å². The molecule has 0 spiro atoms. The van der Waals surface area contributed by atoms with Crippen LogP contribution in [0.25, 0.3) is 0 Å². The summed E-state index contributed by atoms with van der Waals surface area (Å²) in [6.45, 7) is 4.25. The van der Waals surface area contributed by atoms with Gasteiger partial charge in [0, 0.05) is 43.9 Å². The summed E-state index contributed by atoms with van der Waals surface area (Å²) >= 11 is 6.59. The number of anilines is 1. The zero-order valence-corrected chi connectivity index (χ0v) is 26.2. The largest absolute Gasteiger partial charge is 0.497 e. The van der Waals surface area contributed by atoms with Gasteiger partial charge in [-0.1, -0.05) is 29.8 Å². The van der Waals surface area contributed by atoms with Crippen LogP contribution in [0.1, 0.15) is 24.0 Å². The Morgan fingerprint density at radius 2 is 1.60 bits per heavy atom. The Kier molecular flexibility index (Phi) is 8.89. The minimum absolute atomic E-state index is 0.00640. The number of carbonyl (C=O) groups is 1. The fraction of sp³-hybridized carbons (Fsp3) is 0.387. The molecule has 1 unspecified atom stereocenters. The molecule has 230 valence electrons. The lowest BCUT2D eigenvalue weighted by molar-refractivity contribution is -0.121. The number of carbonyl (C=O) groups excluding carboxylic acids is 1. The van der Waals surface area contributed by atoms with Gasteiger partial charge in [-0.3, -0.25) is 4.79 Å². The molecule has 12 heteroatoms. The summed E-state index contributed by atoms with van der Waals surface area (Å²) < 4.78 is 61.4. The van der Waals surface area contributed by atoms with Gasteiger partial charge in [-0.15, -0.1) is 0 Å². The van der Waals surface area contributed by atoms with Crippen molar-refractivity contribution in [1.82, 2.24) is 9.80 Å². The number of rotatable bonds is 10. The number of likely N-dealkylation sites (N-methyl/N-ethyl adjacent to an activating group) is 1. The number of methoxy groups -OCH3 is 3. The number of fused-ring (bicyclic) bond motifs is 1. The fourth-order valence-electron chi connectivity index (χ4n) is 6.02. The molecule has 2 aliphatic rings. The topological polar surface area (TPSA) is 88.6 Å². The molecular formula is C31H35ClFN3O6S. The van der Waals surface area contributed by atoms with Gasteiger partial charge in [0.2, 0.25) is 0 Å². The average Bonchev–Trinajstić information content (AvgIpc) is 3.24. The minimum Gasteiger partial charge on any atom is -0.497 e. The number of nitrogens with zero attached hydrogens (tertiary/aromatic N) is 3. The number of halogens is 2. The van der Waals surface area contributed by atoms with E-state index in [9.17, 15) is 13.2 Å². The number of hydrogen-bond acceptors (Lipinski definition) is 8. The van der Waals surface area contributed by atoms with Crippen molar-refractivity contribution in [2.75, 3.05) is 65.4 Å². The van der Waals surface area contributed by atoms with Crippen molar-refractivity contribution in [3.63, 3.8) is 0 Å². The summed E-state index contributed by atoms with van der Waals surface area (Å²) in [6, 6.07) is 13.2. The van der Waals surface area contributed by atoms with Crippen LogP contribution >= 0.6 is 11.6 Å². The molecule has 9 nitrogen and oxygen atoms in total. The summed E-state index contributed by atoms with van der Waals surface area (Å²) in [7, 11) is 1.67. The third-order valence-corrected chi connectivity index (χ3v) is 10.4. The summed E-state index contributed by atoms with van der Waals surface area (Å²) in [5.74, 6) is -0.866. The smallest absolute Gasteiger partial charge is 0.274 e. The predicted octanol–water partition coefficient (Wildman–Crippen LogP) is 4.55. The number of hydrogen-bond donors (Lipinski definition) is 0. The first-order valence-corrected chi connectivity index (χ1v) is 15.8. The van der Waals surface area contributed by atoms with Gasteiger partial charge in [0.05, 0.1) is 32.0 Å². The number of ether oxygens (including phenoxy) is 3. The van der Waals surface area contributed by atoms with Gasteiger partial charge in [0.25, 0.3) is 15.9 Å². The molecule has 0 saturated carbocycles. The van der Waals surface area contributed by atoms with Crippen molar-refractivity contribution in [3.8, 4) is 17.2 Å². The van der Waals surface area contributed by atoms with Crippen molar-refractivity contribution in [3.05, 3.63) is 76.6 Å². The number of sulfonamides is 1. The number of amides is 1. The quantitative estimate of drug-likeness (QED) is 0.322. The van der Waals surface area contributed by atoms with Gasteiger partial charge in [-0.05, 0) is 56.3 Å². The van der Waals surface area contributed by atoms with E-state index in [0.717, 1.165) is 30.5 Å². The zero-order valence-electron chi connectivity index (χ0n) is 24.6. The first-order valence-electron chi connectivity index (χ1n) is 13.9. The lowest BCUT2D eigenvalue weighted by Gasteiger charge is -2.34. The summed E-state index contributed by atoms with van der Waals surface area (Å²) in [5.41, 5.74) is -1.24. The van der Waals surface area contributed by atoms with Crippen LogP contribution in [0.5, 0.6) is 17.2 Å². The standard InChI is InChI=1S/C31H35ClFN3O6S/c1-34-14-16-35(17-15-34)13-7-12-31(22-8-5-6-9-25(22)33)23-19-24(32)27(41-3)20-26(23)36(30(31)37)43(38,39)29-11-10-21(40-2)18-28(29)42-4/h5-6,8-11,18-20H,7,12-17H2,1-4H3. The van der Waals surface area contributed by atoms with E-state index in [4.69, 9.17) is 25.8 Å². The average molecular weight is 632 g/mol. The highest BCUT2D eigenvalue weighted by atomic mass is 35.5. The Balaban J connectivity index is 1.69. The molecule has 1 atom stereocenters. The maximum Gasteiger partial charge on any atom is 0.274 e. The Morgan fingerprint density at radius 3 is 2.26 bits per heavy atom. The highest BCUT2D eigenvalue weighted by Gasteiger charge is 2.57. The van der Waals surface area contributed by atoms with Crippen LogP contribution in [0.3, 0.4) is 0 Å². The van der Waals surface area contributed by atoms with Crippen LogP contribution in [0.15, 0.2) is 59.5 Å². The van der Waals surface area contributed by atoms with E-state index in [1.54, 1.807) is 6.07 Å². The molecule has 0 aliphatic carbocycles. The number of benzene rings is 3. The molecule has 1 saturated heterocycles. The van der Waals surface area contributed by atoms with Crippen molar-refractivity contribution in [1.29, 1.82) is 0 Å². The monoisotopic (exact) mass is 631 g/mol. The number of piperazine rings is 1. The normalized spacial score (nSPS) is 19.4. The third kappa shape index (κ3) is 5.43. The molecule has 3 aromatic carbocycles. The van der Waals surface area contributed by atoms with Crippen LogP contribution in [0, 0.1) is 5.82 Å². The molecule has 5 rings (SSSR count). The van der Waals surface area contributed by atoms with Crippen molar-refractivity contribution < 1.29 is 31.8 Å². The van der Waals surface area contributed by atoms with E-state index in [1.807, 2.05) is 0 Å². The minimum atomic E-state index is -4.58.